The Kier molecular flexibility index (Phi) is 3.72. The molecule has 1 aliphatic carbocycles. The van der Waals surface area contributed by atoms with E-state index >= 15 is 0 Å². The van der Waals surface area contributed by atoms with Crippen LogP contribution < -0.4 is 5.32 Å². The van der Waals surface area contributed by atoms with E-state index < -0.39 is 0 Å². The molecule has 3 rings (SSSR count). The van der Waals surface area contributed by atoms with E-state index in [2.05, 4.69) is 76.8 Å². The molecule has 0 unspecified atom stereocenters. The Balaban J connectivity index is 2.02. The minimum absolute atomic E-state index is 0.503. The minimum Gasteiger partial charge on any atom is -0.313 e. The molecule has 2 aromatic rings. The van der Waals surface area contributed by atoms with Crippen LogP contribution in [0.15, 0.2) is 53.0 Å². The van der Waals surface area contributed by atoms with Gasteiger partial charge in [0.1, 0.15) is 0 Å². The highest BCUT2D eigenvalue weighted by atomic mass is 79.9. The lowest BCUT2D eigenvalue weighted by molar-refractivity contribution is 0.471. The molecule has 2 aromatic carbocycles. The summed E-state index contributed by atoms with van der Waals surface area (Å²) in [4.78, 5) is 0. The number of fused-ring (bicyclic) bond motifs is 1. The molecule has 1 nitrogen and oxygen atoms in total. The number of rotatable bonds is 2. The van der Waals surface area contributed by atoms with E-state index in [1.807, 2.05) is 0 Å². The highest BCUT2D eigenvalue weighted by Crippen LogP contribution is 2.41. The predicted octanol–water partition coefficient (Wildman–Crippen LogP) is 4.64. The van der Waals surface area contributed by atoms with Gasteiger partial charge in [-0.15, -0.1) is 0 Å². The van der Waals surface area contributed by atoms with Crippen LogP contribution in [0.25, 0.3) is 0 Å². The van der Waals surface area contributed by atoms with Crippen molar-refractivity contribution in [3.05, 3.63) is 69.7 Å². The van der Waals surface area contributed by atoms with Crippen LogP contribution in [-0.2, 0) is 0 Å². The number of nitrogens with one attached hydrogen (secondary N) is 1. The highest BCUT2D eigenvalue weighted by molar-refractivity contribution is 9.10. The van der Waals surface area contributed by atoms with Crippen LogP contribution in [-0.4, -0.2) is 7.05 Å². The molecule has 0 aliphatic heterocycles. The summed E-state index contributed by atoms with van der Waals surface area (Å²) in [6, 6.07) is 18.1. The third-order valence-electron chi connectivity index (χ3n) is 4.11. The molecule has 0 spiro atoms. The van der Waals surface area contributed by atoms with Crippen molar-refractivity contribution in [2.45, 2.75) is 24.8 Å². The molecule has 0 radical (unpaired) electrons. The van der Waals surface area contributed by atoms with Crippen molar-refractivity contribution in [2.75, 3.05) is 7.05 Å². The lowest BCUT2D eigenvalue weighted by Crippen LogP contribution is -2.24. The van der Waals surface area contributed by atoms with Gasteiger partial charge in [0.2, 0.25) is 0 Å². The van der Waals surface area contributed by atoms with Crippen molar-refractivity contribution in [2.24, 2.45) is 0 Å². The maximum atomic E-state index is 3.51. The van der Waals surface area contributed by atoms with Gasteiger partial charge in [0.15, 0.2) is 0 Å². The lowest BCUT2D eigenvalue weighted by atomic mass is 9.77. The van der Waals surface area contributed by atoms with Crippen molar-refractivity contribution in [1.82, 2.24) is 5.32 Å². The second kappa shape index (κ2) is 5.48. The maximum Gasteiger partial charge on any atom is 0.0320 e. The Bertz CT molecular complexity index is 562. The molecule has 0 aromatic heterocycles. The number of hydrogen-bond donors (Lipinski definition) is 1. The van der Waals surface area contributed by atoms with Gasteiger partial charge in [-0.2, -0.15) is 0 Å². The van der Waals surface area contributed by atoms with Crippen molar-refractivity contribution in [1.29, 1.82) is 0 Å². The first kappa shape index (κ1) is 12.9. The fraction of sp³-hybridized carbons (Fsp3) is 0.294. The van der Waals surface area contributed by atoms with Crippen LogP contribution >= 0.6 is 15.9 Å². The Labute approximate surface area is 123 Å². The van der Waals surface area contributed by atoms with Crippen molar-refractivity contribution >= 4 is 15.9 Å². The predicted molar refractivity (Wildman–Crippen MR) is 83.5 cm³/mol. The highest BCUT2D eigenvalue weighted by Gasteiger charge is 2.26. The molecule has 0 heterocycles. The van der Waals surface area contributed by atoms with Gasteiger partial charge < -0.3 is 5.32 Å². The van der Waals surface area contributed by atoms with E-state index in [0.717, 1.165) is 4.47 Å². The van der Waals surface area contributed by atoms with Crippen LogP contribution in [0.2, 0.25) is 0 Å². The SMILES string of the molecule is CN[C@@H]1CC[C@H](c2ccc(Br)cc2)c2ccccc21. The second-order valence-electron chi connectivity index (χ2n) is 5.15. The molecule has 0 saturated carbocycles. The lowest BCUT2D eigenvalue weighted by Gasteiger charge is -2.31. The summed E-state index contributed by atoms with van der Waals surface area (Å²) < 4.78 is 1.15. The summed E-state index contributed by atoms with van der Waals surface area (Å²) in [6.45, 7) is 0. The average molecular weight is 316 g/mol. The average Bonchev–Trinajstić information content (AvgIpc) is 2.47. The molecule has 0 saturated heterocycles. The fourth-order valence-electron chi connectivity index (χ4n) is 3.13. The summed E-state index contributed by atoms with van der Waals surface area (Å²) in [5.41, 5.74) is 4.37. The number of halogens is 1. The van der Waals surface area contributed by atoms with E-state index in [-0.39, 0.29) is 0 Å². The van der Waals surface area contributed by atoms with Gasteiger partial charge in [0.05, 0.1) is 0 Å². The van der Waals surface area contributed by atoms with Gasteiger partial charge in [-0.3, -0.25) is 0 Å². The normalized spacial score (nSPS) is 22.0. The van der Waals surface area contributed by atoms with Gasteiger partial charge in [0.25, 0.3) is 0 Å². The van der Waals surface area contributed by atoms with E-state index in [9.17, 15) is 0 Å². The zero-order chi connectivity index (χ0) is 13.2. The standard InChI is InChI=1S/C17H18BrN/c1-19-17-11-10-14(12-6-8-13(18)9-7-12)15-4-2-3-5-16(15)17/h2-9,14,17,19H,10-11H2,1H3/t14-,17-/m1/s1. The topological polar surface area (TPSA) is 12.0 Å². The van der Waals surface area contributed by atoms with E-state index in [1.54, 1.807) is 0 Å². The summed E-state index contributed by atoms with van der Waals surface area (Å²) >= 11 is 3.51. The molecular formula is C17H18BrN. The smallest absolute Gasteiger partial charge is 0.0320 e. The zero-order valence-electron chi connectivity index (χ0n) is 11.1. The van der Waals surface area contributed by atoms with Gasteiger partial charge in [-0.1, -0.05) is 52.3 Å². The molecule has 0 fully saturated rings. The van der Waals surface area contributed by atoms with Crippen LogP contribution in [0.3, 0.4) is 0 Å². The zero-order valence-corrected chi connectivity index (χ0v) is 12.7. The quantitative estimate of drug-likeness (QED) is 0.851. The Morgan fingerprint density at radius 1 is 0.947 bits per heavy atom. The van der Waals surface area contributed by atoms with Gasteiger partial charge in [-0.05, 0) is 48.7 Å². The van der Waals surface area contributed by atoms with Crippen molar-refractivity contribution in [3.8, 4) is 0 Å². The molecule has 1 aliphatic rings. The summed E-state index contributed by atoms with van der Waals surface area (Å²) in [5.74, 6) is 0.536. The Morgan fingerprint density at radius 2 is 1.63 bits per heavy atom. The first-order valence-corrected chi connectivity index (χ1v) is 7.60. The fourth-order valence-corrected chi connectivity index (χ4v) is 3.40. The van der Waals surface area contributed by atoms with Crippen LogP contribution in [0.4, 0.5) is 0 Å². The molecule has 1 N–H and O–H groups in total. The van der Waals surface area contributed by atoms with Crippen LogP contribution in [0.1, 0.15) is 41.5 Å². The molecule has 19 heavy (non-hydrogen) atoms. The van der Waals surface area contributed by atoms with Crippen molar-refractivity contribution in [3.63, 3.8) is 0 Å². The summed E-state index contributed by atoms with van der Waals surface area (Å²) in [5, 5.41) is 3.43. The van der Waals surface area contributed by atoms with E-state index in [1.165, 1.54) is 29.5 Å². The molecule has 2 atom stereocenters. The first-order chi connectivity index (χ1) is 9.29. The molecule has 98 valence electrons. The second-order valence-corrected chi connectivity index (χ2v) is 6.07. The number of benzene rings is 2. The van der Waals surface area contributed by atoms with Gasteiger partial charge >= 0.3 is 0 Å². The largest absolute Gasteiger partial charge is 0.313 e. The third kappa shape index (κ3) is 2.47. The third-order valence-corrected chi connectivity index (χ3v) is 4.64. The monoisotopic (exact) mass is 315 g/mol. The summed E-state index contributed by atoms with van der Waals surface area (Å²) in [6.07, 6.45) is 2.42. The van der Waals surface area contributed by atoms with Gasteiger partial charge in [0, 0.05) is 16.4 Å². The van der Waals surface area contributed by atoms with Crippen LogP contribution in [0, 0.1) is 0 Å². The molecule has 2 heteroatoms. The molecular weight excluding hydrogens is 298 g/mol. The Hall–Kier alpha value is -1.12. The summed E-state index contributed by atoms with van der Waals surface area (Å²) in [7, 11) is 2.06. The number of hydrogen-bond acceptors (Lipinski definition) is 1. The maximum absolute atomic E-state index is 3.51. The minimum atomic E-state index is 0.503. The van der Waals surface area contributed by atoms with E-state index in [4.69, 9.17) is 0 Å². The van der Waals surface area contributed by atoms with E-state index in [0.29, 0.717) is 12.0 Å². The molecule has 0 bridgehead atoms. The van der Waals surface area contributed by atoms with Gasteiger partial charge in [-0.25, -0.2) is 0 Å². The molecule has 0 amide bonds. The van der Waals surface area contributed by atoms with Crippen LogP contribution in [0.5, 0.6) is 0 Å². The van der Waals surface area contributed by atoms with Crippen molar-refractivity contribution < 1.29 is 0 Å². The first-order valence-electron chi connectivity index (χ1n) is 6.81. The Morgan fingerprint density at radius 3 is 2.32 bits per heavy atom.